The van der Waals surface area contributed by atoms with Crippen molar-refractivity contribution in [3.63, 3.8) is 0 Å². The Labute approximate surface area is 196 Å². The van der Waals surface area contributed by atoms with E-state index in [0.717, 1.165) is 42.2 Å². The van der Waals surface area contributed by atoms with Crippen molar-refractivity contribution in [3.8, 4) is 23.0 Å². The Kier molecular flexibility index (Phi) is 7.18. The molecule has 0 N–H and O–H groups in total. The van der Waals surface area contributed by atoms with Crippen LogP contribution in [0.15, 0.2) is 104 Å². The number of aryl methyl sites for hydroxylation is 2. The van der Waals surface area contributed by atoms with Crippen LogP contribution in [0.2, 0.25) is 0 Å². The number of hydrogen-bond donors (Lipinski definition) is 0. The average Bonchev–Trinajstić information content (AvgIpc) is 2.86. The second-order valence-electron chi connectivity index (χ2n) is 8.16. The molecule has 33 heavy (non-hydrogen) atoms. The first kappa shape index (κ1) is 22.3. The van der Waals surface area contributed by atoms with Gasteiger partial charge < -0.3 is 0 Å². The lowest BCUT2D eigenvalue weighted by Gasteiger charge is -2.05. The van der Waals surface area contributed by atoms with E-state index in [2.05, 4.69) is 61.4 Å². The van der Waals surface area contributed by atoms with Crippen molar-refractivity contribution >= 4 is 10.8 Å². The molecule has 0 radical (unpaired) electrons. The Balaban J connectivity index is 1.51. The van der Waals surface area contributed by atoms with Gasteiger partial charge in [-0.25, -0.2) is 4.39 Å². The van der Waals surface area contributed by atoms with Crippen LogP contribution in [0.1, 0.15) is 35.1 Å². The number of allylic oxidation sites excluding steroid dienone is 2. The van der Waals surface area contributed by atoms with Crippen LogP contribution in [-0.2, 0) is 12.8 Å². The largest absolute Gasteiger partial charge is 0.205 e. The minimum absolute atomic E-state index is 0.261. The number of halogens is 1. The van der Waals surface area contributed by atoms with Crippen molar-refractivity contribution in [1.82, 2.24) is 0 Å². The quantitative estimate of drug-likeness (QED) is 0.204. The van der Waals surface area contributed by atoms with Crippen molar-refractivity contribution in [3.05, 3.63) is 132 Å². The highest BCUT2D eigenvalue weighted by atomic mass is 19.1. The minimum Gasteiger partial charge on any atom is -0.205 e. The van der Waals surface area contributed by atoms with E-state index in [9.17, 15) is 0 Å². The Morgan fingerprint density at radius 1 is 0.667 bits per heavy atom. The third-order valence-electron chi connectivity index (χ3n) is 5.81. The maximum atomic E-state index is 15.0. The van der Waals surface area contributed by atoms with Gasteiger partial charge in [0.25, 0.3) is 0 Å². The number of benzene rings is 4. The smallest absolute Gasteiger partial charge is 0.146 e. The van der Waals surface area contributed by atoms with Crippen molar-refractivity contribution in [1.29, 1.82) is 0 Å². The maximum Gasteiger partial charge on any atom is 0.146 e. The lowest BCUT2D eigenvalue weighted by Crippen LogP contribution is -1.89. The molecular weight excluding hydrogens is 403 g/mol. The second-order valence-corrected chi connectivity index (χ2v) is 8.16. The molecule has 0 saturated carbocycles. The summed E-state index contributed by atoms with van der Waals surface area (Å²) >= 11 is 0. The zero-order valence-corrected chi connectivity index (χ0v) is 18.8. The molecule has 0 spiro atoms. The molecule has 4 rings (SSSR count). The summed E-state index contributed by atoms with van der Waals surface area (Å²) in [7, 11) is 0. The van der Waals surface area contributed by atoms with Crippen LogP contribution < -0.4 is 0 Å². The highest BCUT2D eigenvalue weighted by Gasteiger charge is 2.06. The summed E-state index contributed by atoms with van der Waals surface area (Å²) in [5.74, 6) is 5.86. The molecule has 0 heterocycles. The van der Waals surface area contributed by atoms with Gasteiger partial charge in [0.15, 0.2) is 0 Å². The first-order valence-electron chi connectivity index (χ1n) is 11.3. The van der Waals surface area contributed by atoms with Gasteiger partial charge in [-0.1, -0.05) is 84.7 Å². The maximum absolute atomic E-state index is 15.0. The molecule has 4 aromatic rings. The third kappa shape index (κ3) is 5.48. The first-order valence-corrected chi connectivity index (χ1v) is 11.3. The third-order valence-corrected chi connectivity index (χ3v) is 5.81. The van der Waals surface area contributed by atoms with Crippen LogP contribution in [0, 0.1) is 17.7 Å². The Morgan fingerprint density at radius 2 is 1.27 bits per heavy atom. The molecular formula is C32H27F. The molecule has 0 atom stereocenters. The number of hydrogen-bond acceptors (Lipinski definition) is 0. The fraction of sp³-hybridized carbons (Fsp3) is 0.125. The van der Waals surface area contributed by atoms with Gasteiger partial charge >= 0.3 is 0 Å². The lowest BCUT2D eigenvalue weighted by molar-refractivity contribution is 0.636. The van der Waals surface area contributed by atoms with Gasteiger partial charge in [-0.2, -0.15) is 0 Å². The van der Waals surface area contributed by atoms with Gasteiger partial charge in [0.05, 0.1) is 5.56 Å². The SMILES string of the molecule is C=CCCc1ccc(-c2ccc(C#Cc3ccc4cc(CCC=C)ccc4c3F)cc2)cc1. The number of rotatable bonds is 7. The standard InChI is InChI=1S/C32H27F/c1-3-5-7-24-9-15-27(16-10-24)28-17-11-25(12-18-28)13-19-29-20-21-30-23-26(8-6-4-2)14-22-31(30)32(29)33/h3-4,9-12,14-18,20-23H,1-2,5-8H2. The Bertz CT molecular complexity index is 1330. The molecule has 0 fully saturated rings. The topological polar surface area (TPSA) is 0 Å². The molecule has 162 valence electrons. The summed E-state index contributed by atoms with van der Waals surface area (Å²) in [6.45, 7) is 7.54. The monoisotopic (exact) mass is 430 g/mol. The highest BCUT2D eigenvalue weighted by Crippen LogP contribution is 2.24. The molecule has 0 bridgehead atoms. The van der Waals surface area contributed by atoms with Gasteiger partial charge in [-0.3, -0.25) is 0 Å². The van der Waals surface area contributed by atoms with E-state index in [1.807, 2.05) is 48.6 Å². The van der Waals surface area contributed by atoms with Crippen molar-refractivity contribution in [2.45, 2.75) is 25.7 Å². The Morgan fingerprint density at radius 3 is 1.94 bits per heavy atom. The summed E-state index contributed by atoms with van der Waals surface area (Å²) in [6.07, 6.45) is 7.67. The van der Waals surface area contributed by atoms with Gasteiger partial charge in [0, 0.05) is 10.9 Å². The van der Waals surface area contributed by atoms with Crippen LogP contribution in [-0.4, -0.2) is 0 Å². The van der Waals surface area contributed by atoms with E-state index in [1.165, 1.54) is 16.7 Å². The highest BCUT2D eigenvalue weighted by molar-refractivity contribution is 5.85. The summed E-state index contributed by atoms with van der Waals surface area (Å²) in [4.78, 5) is 0. The Hall–Kier alpha value is -3.89. The van der Waals surface area contributed by atoms with Crippen molar-refractivity contribution in [2.24, 2.45) is 0 Å². The molecule has 4 aromatic carbocycles. The van der Waals surface area contributed by atoms with Crippen LogP contribution >= 0.6 is 0 Å². The molecule has 0 aliphatic heterocycles. The van der Waals surface area contributed by atoms with E-state index in [4.69, 9.17) is 0 Å². The van der Waals surface area contributed by atoms with Gasteiger partial charge in [-0.15, -0.1) is 13.2 Å². The van der Waals surface area contributed by atoms with Crippen LogP contribution in [0.5, 0.6) is 0 Å². The zero-order chi connectivity index (χ0) is 23.0. The van der Waals surface area contributed by atoms with E-state index >= 15 is 4.39 Å². The summed E-state index contributed by atoms with van der Waals surface area (Å²) in [5, 5.41) is 1.51. The molecule has 0 aromatic heterocycles. The molecule has 0 aliphatic carbocycles. The predicted molar refractivity (Wildman–Crippen MR) is 139 cm³/mol. The lowest BCUT2D eigenvalue weighted by atomic mass is 10.0. The normalized spacial score (nSPS) is 10.5. The molecule has 0 aliphatic rings. The van der Waals surface area contributed by atoms with E-state index in [-0.39, 0.29) is 5.82 Å². The van der Waals surface area contributed by atoms with E-state index < -0.39 is 0 Å². The average molecular weight is 431 g/mol. The van der Waals surface area contributed by atoms with Gasteiger partial charge in [-0.05, 0) is 71.5 Å². The minimum atomic E-state index is -0.261. The van der Waals surface area contributed by atoms with Crippen LogP contribution in [0.25, 0.3) is 21.9 Å². The van der Waals surface area contributed by atoms with Gasteiger partial charge in [0.2, 0.25) is 0 Å². The molecule has 1 heteroatoms. The van der Waals surface area contributed by atoms with Crippen LogP contribution in [0.3, 0.4) is 0 Å². The zero-order valence-electron chi connectivity index (χ0n) is 18.8. The molecule has 0 unspecified atom stereocenters. The van der Waals surface area contributed by atoms with Crippen LogP contribution in [0.4, 0.5) is 4.39 Å². The first-order chi connectivity index (χ1) is 16.2. The molecule has 0 nitrogen and oxygen atoms in total. The summed E-state index contributed by atoms with van der Waals surface area (Å²) in [6, 6.07) is 26.3. The summed E-state index contributed by atoms with van der Waals surface area (Å²) in [5.41, 5.74) is 6.09. The fourth-order valence-electron chi connectivity index (χ4n) is 3.88. The summed E-state index contributed by atoms with van der Waals surface area (Å²) < 4.78 is 15.0. The fourth-order valence-corrected chi connectivity index (χ4v) is 3.88. The van der Waals surface area contributed by atoms with E-state index in [0.29, 0.717) is 10.9 Å². The molecule has 0 amide bonds. The second kappa shape index (κ2) is 10.6. The number of fused-ring (bicyclic) bond motifs is 1. The van der Waals surface area contributed by atoms with Gasteiger partial charge in [0.1, 0.15) is 5.82 Å². The molecule has 0 saturated heterocycles. The predicted octanol–water partition coefficient (Wildman–Crippen LogP) is 8.28. The van der Waals surface area contributed by atoms with Crippen molar-refractivity contribution < 1.29 is 4.39 Å². The van der Waals surface area contributed by atoms with Crippen molar-refractivity contribution in [2.75, 3.05) is 0 Å². The van der Waals surface area contributed by atoms with E-state index in [1.54, 1.807) is 6.07 Å².